The van der Waals surface area contributed by atoms with Gasteiger partial charge in [0.25, 0.3) is 0 Å². The van der Waals surface area contributed by atoms with Crippen LogP contribution in [-0.4, -0.2) is 36.8 Å². The standard InChI is InChI=1S/C19H26N2O.CH5N/c1-3-21(14-20)12-11-17(16-7-5-4-6-8-16)18-13-15(2)9-10-19(18)22;1-2/h4-10,13,17,22H,3,11-12,14,20H2,1-2H3;2H2,1H3. The zero-order chi connectivity index (χ0) is 17.9. The number of benzene rings is 2. The van der Waals surface area contributed by atoms with Gasteiger partial charge in [0.15, 0.2) is 0 Å². The summed E-state index contributed by atoms with van der Waals surface area (Å²) >= 11 is 0. The Balaban J connectivity index is 0.00000139. The molecule has 1 atom stereocenters. The van der Waals surface area contributed by atoms with Crippen LogP contribution in [0, 0.1) is 6.92 Å². The molecule has 0 saturated heterocycles. The lowest BCUT2D eigenvalue weighted by molar-refractivity contribution is 0.287. The number of hydrogen-bond donors (Lipinski definition) is 3. The molecular weight excluding hydrogens is 298 g/mol. The SMILES string of the molecule is CCN(CN)CCC(c1ccccc1)c1cc(C)ccc1O.CN. The minimum atomic E-state index is 0.182. The summed E-state index contributed by atoms with van der Waals surface area (Å²) in [5.41, 5.74) is 13.7. The quantitative estimate of drug-likeness (QED) is 0.683. The lowest BCUT2D eigenvalue weighted by Gasteiger charge is -2.24. The highest BCUT2D eigenvalue weighted by atomic mass is 16.3. The van der Waals surface area contributed by atoms with E-state index in [9.17, 15) is 5.11 Å². The van der Waals surface area contributed by atoms with Crippen LogP contribution < -0.4 is 11.5 Å². The van der Waals surface area contributed by atoms with Gasteiger partial charge in [0.1, 0.15) is 5.75 Å². The van der Waals surface area contributed by atoms with Crippen molar-refractivity contribution in [2.75, 3.05) is 26.8 Å². The van der Waals surface area contributed by atoms with E-state index in [1.165, 1.54) is 18.2 Å². The molecule has 0 spiro atoms. The molecule has 1 unspecified atom stereocenters. The Kier molecular flexibility index (Phi) is 9.08. The largest absolute Gasteiger partial charge is 0.508 e. The third kappa shape index (κ3) is 5.64. The Morgan fingerprint density at radius 2 is 1.75 bits per heavy atom. The summed E-state index contributed by atoms with van der Waals surface area (Å²) in [7, 11) is 1.50. The van der Waals surface area contributed by atoms with Gasteiger partial charge in [-0.3, -0.25) is 4.90 Å². The average molecular weight is 329 g/mol. The van der Waals surface area contributed by atoms with Crippen LogP contribution in [0.1, 0.15) is 36.0 Å². The first kappa shape index (κ1) is 20.2. The van der Waals surface area contributed by atoms with E-state index in [0.29, 0.717) is 12.4 Å². The molecule has 2 aromatic rings. The second kappa shape index (κ2) is 10.8. The summed E-state index contributed by atoms with van der Waals surface area (Å²) in [6.45, 7) is 6.60. The molecule has 0 radical (unpaired) electrons. The number of aryl methyl sites for hydroxylation is 1. The third-order valence-corrected chi connectivity index (χ3v) is 4.20. The van der Waals surface area contributed by atoms with Gasteiger partial charge in [-0.05, 0) is 38.6 Å². The predicted octanol–water partition coefficient (Wildman–Crippen LogP) is 3.04. The predicted molar refractivity (Wildman–Crippen MR) is 102 cm³/mol. The molecule has 2 rings (SSSR count). The van der Waals surface area contributed by atoms with Crippen molar-refractivity contribution in [3.63, 3.8) is 0 Å². The normalized spacial score (nSPS) is 11.8. The van der Waals surface area contributed by atoms with Crippen molar-refractivity contribution in [3.8, 4) is 5.75 Å². The van der Waals surface area contributed by atoms with E-state index < -0.39 is 0 Å². The molecule has 4 heteroatoms. The molecule has 0 fully saturated rings. The van der Waals surface area contributed by atoms with E-state index in [2.05, 4.69) is 54.8 Å². The number of hydrogen-bond acceptors (Lipinski definition) is 4. The van der Waals surface area contributed by atoms with Crippen molar-refractivity contribution < 1.29 is 5.11 Å². The molecule has 24 heavy (non-hydrogen) atoms. The Morgan fingerprint density at radius 3 is 2.33 bits per heavy atom. The summed E-state index contributed by atoms with van der Waals surface area (Å²) in [5.74, 6) is 0.553. The van der Waals surface area contributed by atoms with Gasteiger partial charge in [-0.1, -0.05) is 55.0 Å². The van der Waals surface area contributed by atoms with Gasteiger partial charge in [0.2, 0.25) is 0 Å². The molecule has 0 heterocycles. The maximum Gasteiger partial charge on any atom is 0.119 e. The summed E-state index contributed by atoms with van der Waals surface area (Å²) in [4.78, 5) is 2.21. The van der Waals surface area contributed by atoms with E-state index in [1.54, 1.807) is 6.07 Å². The molecule has 0 aliphatic heterocycles. The highest BCUT2D eigenvalue weighted by Gasteiger charge is 2.18. The fraction of sp³-hybridized carbons (Fsp3) is 0.400. The lowest BCUT2D eigenvalue weighted by Crippen LogP contribution is -2.31. The van der Waals surface area contributed by atoms with Crippen LogP contribution in [0.5, 0.6) is 5.75 Å². The van der Waals surface area contributed by atoms with Gasteiger partial charge in [0, 0.05) is 24.7 Å². The number of rotatable bonds is 7. The van der Waals surface area contributed by atoms with E-state index in [-0.39, 0.29) is 5.92 Å². The van der Waals surface area contributed by atoms with Crippen molar-refractivity contribution in [1.29, 1.82) is 0 Å². The molecule has 0 saturated carbocycles. The Labute approximate surface area is 146 Å². The van der Waals surface area contributed by atoms with Crippen LogP contribution in [0.15, 0.2) is 48.5 Å². The first-order chi connectivity index (χ1) is 11.7. The van der Waals surface area contributed by atoms with Gasteiger partial charge < -0.3 is 16.6 Å². The highest BCUT2D eigenvalue weighted by Crippen LogP contribution is 2.34. The zero-order valence-electron chi connectivity index (χ0n) is 15.1. The number of phenols is 1. The van der Waals surface area contributed by atoms with Crippen LogP contribution in [0.25, 0.3) is 0 Å². The van der Waals surface area contributed by atoms with E-state index >= 15 is 0 Å². The van der Waals surface area contributed by atoms with Crippen LogP contribution in [0.4, 0.5) is 0 Å². The number of nitrogens with two attached hydrogens (primary N) is 2. The lowest BCUT2D eigenvalue weighted by atomic mass is 9.87. The molecule has 0 amide bonds. The molecule has 2 aromatic carbocycles. The second-order valence-corrected chi connectivity index (χ2v) is 5.71. The Bertz CT molecular complexity index is 583. The maximum atomic E-state index is 10.3. The molecule has 0 bridgehead atoms. The summed E-state index contributed by atoms with van der Waals surface area (Å²) < 4.78 is 0. The topological polar surface area (TPSA) is 75.5 Å². The molecule has 0 aromatic heterocycles. The van der Waals surface area contributed by atoms with Crippen LogP contribution in [0.3, 0.4) is 0 Å². The van der Waals surface area contributed by atoms with Gasteiger partial charge in [0.05, 0.1) is 0 Å². The van der Waals surface area contributed by atoms with Crippen molar-refractivity contribution in [2.24, 2.45) is 11.5 Å². The van der Waals surface area contributed by atoms with E-state index in [1.807, 2.05) is 12.1 Å². The summed E-state index contributed by atoms with van der Waals surface area (Å²) in [6.07, 6.45) is 0.937. The molecule has 132 valence electrons. The Hall–Kier alpha value is -1.88. The van der Waals surface area contributed by atoms with Crippen molar-refractivity contribution in [1.82, 2.24) is 4.90 Å². The molecular formula is C20H31N3O. The molecule has 0 aliphatic rings. The van der Waals surface area contributed by atoms with Gasteiger partial charge >= 0.3 is 0 Å². The van der Waals surface area contributed by atoms with Gasteiger partial charge in [-0.25, -0.2) is 0 Å². The first-order valence-corrected chi connectivity index (χ1v) is 8.50. The molecule has 4 nitrogen and oxygen atoms in total. The number of nitrogens with zero attached hydrogens (tertiary/aromatic N) is 1. The van der Waals surface area contributed by atoms with E-state index in [4.69, 9.17) is 5.73 Å². The van der Waals surface area contributed by atoms with Crippen molar-refractivity contribution >= 4 is 0 Å². The fourth-order valence-corrected chi connectivity index (χ4v) is 2.83. The van der Waals surface area contributed by atoms with E-state index in [0.717, 1.165) is 25.1 Å². The van der Waals surface area contributed by atoms with Crippen LogP contribution >= 0.6 is 0 Å². The summed E-state index contributed by atoms with van der Waals surface area (Å²) in [6, 6.07) is 16.2. The monoisotopic (exact) mass is 329 g/mol. The van der Waals surface area contributed by atoms with Gasteiger partial charge in [-0.15, -0.1) is 0 Å². The number of aromatic hydroxyl groups is 1. The smallest absolute Gasteiger partial charge is 0.119 e. The van der Waals surface area contributed by atoms with Crippen molar-refractivity contribution in [2.45, 2.75) is 26.2 Å². The maximum absolute atomic E-state index is 10.3. The summed E-state index contributed by atoms with van der Waals surface area (Å²) in [5, 5.41) is 10.3. The molecule has 0 aliphatic carbocycles. The fourth-order valence-electron chi connectivity index (χ4n) is 2.83. The average Bonchev–Trinajstić information content (AvgIpc) is 2.64. The minimum Gasteiger partial charge on any atom is -0.508 e. The molecule has 5 N–H and O–H groups in total. The third-order valence-electron chi connectivity index (χ3n) is 4.20. The zero-order valence-corrected chi connectivity index (χ0v) is 15.1. The second-order valence-electron chi connectivity index (χ2n) is 5.71. The van der Waals surface area contributed by atoms with Gasteiger partial charge in [-0.2, -0.15) is 0 Å². The number of phenolic OH excluding ortho intramolecular Hbond substituents is 1. The first-order valence-electron chi connectivity index (χ1n) is 8.50. The Morgan fingerprint density at radius 1 is 1.08 bits per heavy atom. The van der Waals surface area contributed by atoms with Crippen molar-refractivity contribution in [3.05, 3.63) is 65.2 Å². The minimum absolute atomic E-state index is 0.182. The highest BCUT2D eigenvalue weighted by molar-refractivity contribution is 5.43. The van der Waals surface area contributed by atoms with Crippen LogP contribution in [-0.2, 0) is 0 Å². The van der Waals surface area contributed by atoms with Crippen LogP contribution in [0.2, 0.25) is 0 Å².